The summed E-state index contributed by atoms with van der Waals surface area (Å²) in [6, 6.07) is 13.0. The lowest BCUT2D eigenvalue weighted by Gasteiger charge is -2.17. The third-order valence-electron chi connectivity index (χ3n) is 6.22. The Balaban J connectivity index is 1.60. The summed E-state index contributed by atoms with van der Waals surface area (Å²) in [4.78, 5) is 26.4. The van der Waals surface area contributed by atoms with Gasteiger partial charge in [0.25, 0.3) is 0 Å². The number of carbonyl (C=O) groups excluding carboxylic acids is 1. The van der Waals surface area contributed by atoms with Gasteiger partial charge in [-0.1, -0.05) is 0 Å². The van der Waals surface area contributed by atoms with Crippen LogP contribution in [0.2, 0.25) is 0 Å². The molecule has 0 bridgehead atoms. The molecule has 4 aromatic rings. The third-order valence-corrected chi connectivity index (χ3v) is 8.38. The van der Waals surface area contributed by atoms with E-state index >= 15 is 0 Å². The Morgan fingerprint density at radius 2 is 1.69 bits per heavy atom. The van der Waals surface area contributed by atoms with Crippen LogP contribution in [0.1, 0.15) is 25.1 Å². The van der Waals surface area contributed by atoms with Gasteiger partial charge in [0, 0.05) is 22.8 Å². The summed E-state index contributed by atoms with van der Waals surface area (Å²) in [5, 5.41) is 26.8. The molecular formula is C30H35N5O5S2. The van der Waals surface area contributed by atoms with Crippen LogP contribution in [0.25, 0.3) is 10.9 Å². The standard InChI is InChI=1S/C30H35N5O5S2/c1-17-10-22(7-9-27(17)40-23-8-6-18(2)31-13-23)34-29-24-11-26(28(39-5)12-25(24)32-16-33-29)35-30(38)21(14-41-19(3)36)15-42-20(4)37/h6-13,16,21,36-37,41-42H,14-15H2,1-5H3,(H,35,38)(H,32,33,34). The van der Waals surface area contributed by atoms with Crippen LogP contribution in [0.5, 0.6) is 17.2 Å². The maximum atomic E-state index is 13.3. The predicted octanol–water partition coefficient (Wildman–Crippen LogP) is 6.09. The molecule has 4 rings (SSSR count). The quantitative estimate of drug-likeness (QED) is 0.0881. The molecule has 4 N–H and O–H groups in total. The molecule has 12 heteroatoms. The molecule has 2 aromatic carbocycles. The van der Waals surface area contributed by atoms with E-state index in [9.17, 15) is 15.0 Å². The minimum Gasteiger partial charge on any atom is -0.494 e. The van der Waals surface area contributed by atoms with Crippen LogP contribution in [-0.4, -0.2) is 59.8 Å². The summed E-state index contributed by atoms with van der Waals surface area (Å²) in [5.74, 6) is 2.53. The van der Waals surface area contributed by atoms with E-state index < -0.39 is 5.92 Å². The number of aromatic nitrogens is 3. The number of hydrogen-bond donors (Lipinski definition) is 6. The van der Waals surface area contributed by atoms with Gasteiger partial charge in [0.15, 0.2) is 0 Å². The van der Waals surface area contributed by atoms with Gasteiger partial charge in [-0.15, -0.1) is 0 Å². The van der Waals surface area contributed by atoms with E-state index in [-0.39, 0.29) is 16.0 Å². The number of hydrogen-bond acceptors (Lipinski definition) is 7. The molecule has 1 amide bonds. The molecule has 2 heterocycles. The van der Waals surface area contributed by atoms with Crippen molar-refractivity contribution >= 4 is 66.8 Å². The number of nitrogens with one attached hydrogen (secondary N) is 2. The van der Waals surface area contributed by atoms with Gasteiger partial charge in [-0.05, 0) is 81.2 Å². The first-order valence-corrected chi connectivity index (χ1v) is 15.3. The average molecular weight is 610 g/mol. The Hall–Kier alpha value is -3.84. The Bertz CT molecular complexity index is 1620. The SMILES string of the molecule is COc1cc2ncnc(Nc3ccc(Oc4ccc(C)nc4)c(C)c3)c2cc1NC(=O)C(C[SH]=C(C)O)C[SH]=C(C)O. The molecule has 0 atom stereocenters. The summed E-state index contributed by atoms with van der Waals surface area (Å²) in [5.41, 5.74) is 3.74. The van der Waals surface area contributed by atoms with Crippen LogP contribution in [-0.2, 0) is 4.79 Å². The van der Waals surface area contributed by atoms with Gasteiger partial charge in [-0.25, -0.2) is 9.97 Å². The number of methoxy groups -OCH3 is 1. The number of fused-ring (bicyclic) bond motifs is 1. The molecule has 0 fully saturated rings. The summed E-state index contributed by atoms with van der Waals surface area (Å²) in [6.07, 6.45) is 3.16. The van der Waals surface area contributed by atoms with Crippen molar-refractivity contribution < 1.29 is 24.5 Å². The first-order chi connectivity index (χ1) is 20.1. The van der Waals surface area contributed by atoms with Crippen molar-refractivity contribution in [2.24, 2.45) is 5.92 Å². The van der Waals surface area contributed by atoms with E-state index in [0.29, 0.717) is 73.9 Å². The predicted molar refractivity (Wildman–Crippen MR) is 176 cm³/mol. The molecule has 0 spiro atoms. The van der Waals surface area contributed by atoms with Crippen molar-refractivity contribution in [3.8, 4) is 17.2 Å². The second-order valence-corrected chi connectivity index (χ2v) is 12.3. The zero-order chi connectivity index (χ0) is 30.2. The van der Waals surface area contributed by atoms with Gasteiger partial charge in [0.1, 0.15) is 29.4 Å². The highest BCUT2D eigenvalue weighted by molar-refractivity contribution is 7.99. The van der Waals surface area contributed by atoms with Crippen molar-refractivity contribution in [3.05, 3.63) is 66.2 Å². The van der Waals surface area contributed by atoms with Gasteiger partial charge in [0.05, 0.1) is 40.5 Å². The molecule has 42 heavy (non-hydrogen) atoms. The van der Waals surface area contributed by atoms with Crippen molar-refractivity contribution in [3.63, 3.8) is 0 Å². The fourth-order valence-electron chi connectivity index (χ4n) is 4.01. The Morgan fingerprint density at radius 1 is 0.952 bits per heavy atom. The number of carbonyl (C=O) groups is 1. The molecule has 0 aliphatic carbocycles. The van der Waals surface area contributed by atoms with Gasteiger partial charge in [0.2, 0.25) is 5.91 Å². The average Bonchev–Trinajstić information content (AvgIpc) is 2.95. The lowest BCUT2D eigenvalue weighted by molar-refractivity contribution is -0.118. The van der Waals surface area contributed by atoms with Crippen LogP contribution in [0, 0.1) is 19.8 Å². The number of ether oxygens (including phenoxy) is 2. The number of aryl methyl sites for hydroxylation is 2. The lowest BCUT2D eigenvalue weighted by Crippen LogP contribution is -2.26. The third kappa shape index (κ3) is 8.35. The zero-order valence-corrected chi connectivity index (χ0v) is 25.8. The zero-order valence-electron chi connectivity index (χ0n) is 24.0. The highest BCUT2D eigenvalue weighted by atomic mass is 32.1. The summed E-state index contributed by atoms with van der Waals surface area (Å²) in [6.45, 7) is 7.08. The van der Waals surface area contributed by atoms with E-state index in [1.807, 2.05) is 44.2 Å². The fourth-order valence-corrected chi connectivity index (χ4v) is 5.78. The van der Waals surface area contributed by atoms with Crippen LogP contribution in [0.15, 0.2) is 55.0 Å². The molecule has 0 aliphatic rings. The maximum Gasteiger partial charge on any atom is 0.229 e. The summed E-state index contributed by atoms with van der Waals surface area (Å²) in [7, 11) is 1.53. The smallest absolute Gasteiger partial charge is 0.229 e. The Morgan fingerprint density at radius 3 is 2.31 bits per heavy atom. The van der Waals surface area contributed by atoms with Gasteiger partial charge < -0.3 is 30.3 Å². The van der Waals surface area contributed by atoms with Gasteiger partial charge >= 0.3 is 0 Å². The Labute approximate surface area is 252 Å². The number of nitrogens with zero attached hydrogens (tertiary/aromatic N) is 3. The monoisotopic (exact) mass is 609 g/mol. The number of aliphatic hydroxyl groups excluding tert-OH is 2. The number of amides is 1. The molecule has 0 aliphatic heterocycles. The molecule has 0 unspecified atom stereocenters. The number of anilines is 3. The van der Waals surface area contributed by atoms with Crippen LogP contribution in [0.4, 0.5) is 17.2 Å². The molecule has 222 valence electrons. The largest absolute Gasteiger partial charge is 0.494 e. The van der Waals surface area contributed by atoms with Crippen molar-refractivity contribution in [2.75, 3.05) is 29.2 Å². The summed E-state index contributed by atoms with van der Waals surface area (Å²) < 4.78 is 11.6. The molecule has 0 radical (unpaired) electrons. The van der Waals surface area contributed by atoms with E-state index in [0.717, 1.165) is 16.9 Å². The van der Waals surface area contributed by atoms with E-state index in [1.165, 1.54) is 13.4 Å². The summed E-state index contributed by atoms with van der Waals surface area (Å²) >= 11 is 1.31. The van der Waals surface area contributed by atoms with Crippen LogP contribution >= 0.6 is 22.7 Å². The van der Waals surface area contributed by atoms with Crippen LogP contribution < -0.4 is 20.1 Å². The van der Waals surface area contributed by atoms with Crippen molar-refractivity contribution in [1.29, 1.82) is 0 Å². The number of rotatable bonds is 11. The minimum absolute atomic E-state index is 0.229. The minimum atomic E-state index is -0.443. The lowest BCUT2D eigenvalue weighted by atomic mass is 10.1. The second kappa shape index (κ2) is 14.4. The first kappa shape index (κ1) is 31.1. The molecular weight excluding hydrogens is 574 g/mol. The number of benzene rings is 2. The topological polar surface area (TPSA) is 139 Å². The maximum absolute atomic E-state index is 13.3. The molecule has 0 saturated heterocycles. The highest BCUT2D eigenvalue weighted by Crippen LogP contribution is 2.34. The fraction of sp³-hybridized carbons (Fsp3) is 0.267. The number of aliphatic hydroxyl groups is 2. The van der Waals surface area contributed by atoms with Crippen molar-refractivity contribution in [1.82, 2.24) is 15.0 Å². The van der Waals surface area contributed by atoms with Gasteiger partial charge in [-0.2, -0.15) is 22.7 Å². The van der Waals surface area contributed by atoms with E-state index in [1.54, 1.807) is 32.2 Å². The highest BCUT2D eigenvalue weighted by Gasteiger charge is 2.20. The van der Waals surface area contributed by atoms with Crippen LogP contribution in [0.3, 0.4) is 0 Å². The number of pyridine rings is 1. The van der Waals surface area contributed by atoms with E-state index in [4.69, 9.17) is 9.47 Å². The van der Waals surface area contributed by atoms with E-state index in [2.05, 4.69) is 25.6 Å². The second-order valence-electron chi connectivity index (χ2n) is 9.60. The van der Waals surface area contributed by atoms with Crippen molar-refractivity contribution in [2.45, 2.75) is 27.7 Å². The molecule has 10 nitrogen and oxygen atoms in total. The molecule has 2 aromatic heterocycles. The first-order valence-electron chi connectivity index (χ1n) is 13.1. The normalized spacial score (nSPS) is 13.0. The Kier molecular flexibility index (Phi) is 10.6. The van der Waals surface area contributed by atoms with Gasteiger partial charge in [-0.3, -0.25) is 9.78 Å². The molecule has 0 saturated carbocycles. The number of thiol groups is 2.